The van der Waals surface area contributed by atoms with E-state index in [4.69, 9.17) is 0 Å². The first-order chi connectivity index (χ1) is 7.61. The van der Waals surface area contributed by atoms with E-state index in [-0.39, 0.29) is 0 Å². The fourth-order valence-corrected chi connectivity index (χ4v) is 1.48. The van der Waals surface area contributed by atoms with Crippen LogP contribution in [-0.2, 0) is 0 Å². The van der Waals surface area contributed by atoms with Crippen LogP contribution in [0.2, 0.25) is 0 Å². The minimum Gasteiger partial charge on any atom is -0.282 e. The number of rotatable bonds is 2. The zero-order valence-electron chi connectivity index (χ0n) is 10.7. The number of hydrogen-bond acceptors (Lipinski definition) is 1. The van der Waals surface area contributed by atoms with E-state index < -0.39 is 0 Å². The molecule has 16 heavy (non-hydrogen) atoms. The van der Waals surface area contributed by atoms with Crippen LogP contribution in [0.25, 0.3) is 0 Å². The van der Waals surface area contributed by atoms with E-state index in [1.165, 1.54) is 12.1 Å². The highest BCUT2D eigenvalue weighted by atomic mass is 15.1. The molecule has 0 spiro atoms. The number of allylic oxidation sites excluding steroid dienone is 4. The maximum Gasteiger partial charge on any atom is 0.0490 e. The molecule has 0 fully saturated rings. The van der Waals surface area contributed by atoms with Crippen LogP contribution in [0, 0.1) is 5.92 Å². The Labute approximate surface area is 98.5 Å². The van der Waals surface area contributed by atoms with Crippen molar-refractivity contribution in [3.8, 4) is 0 Å². The van der Waals surface area contributed by atoms with Gasteiger partial charge in [-0.25, -0.2) is 0 Å². The average molecular weight is 218 g/mol. The molecule has 1 N–H and O–H groups in total. The van der Waals surface area contributed by atoms with E-state index in [1.54, 1.807) is 11.8 Å². The van der Waals surface area contributed by atoms with Gasteiger partial charge < -0.3 is 0 Å². The third kappa shape index (κ3) is 4.05. The summed E-state index contributed by atoms with van der Waals surface area (Å²) in [5, 5.41) is 6.70. The van der Waals surface area contributed by atoms with Crippen molar-refractivity contribution in [1.29, 1.82) is 0 Å². The zero-order chi connectivity index (χ0) is 12.0. The van der Waals surface area contributed by atoms with Gasteiger partial charge in [-0.15, -0.1) is 0 Å². The van der Waals surface area contributed by atoms with Crippen molar-refractivity contribution in [3.63, 3.8) is 0 Å². The first kappa shape index (κ1) is 12.8. The number of aromatic amines is 1. The number of aromatic nitrogens is 2. The summed E-state index contributed by atoms with van der Waals surface area (Å²) in [6, 6.07) is 1.99. The minimum atomic E-state index is 0.567. The van der Waals surface area contributed by atoms with Gasteiger partial charge in [0, 0.05) is 11.9 Å². The molecule has 1 aliphatic rings. The van der Waals surface area contributed by atoms with Gasteiger partial charge in [0.15, 0.2) is 0 Å². The second-order valence-corrected chi connectivity index (χ2v) is 4.70. The SMILES string of the molecule is CC(C)C1=CC=CC1.CC(C)c1ccn[nH]1. The second-order valence-electron chi connectivity index (χ2n) is 4.70. The molecule has 0 aromatic carbocycles. The number of hydrogen-bond donors (Lipinski definition) is 1. The Kier molecular flexibility index (Phi) is 5.03. The third-order valence-electron chi connectivity index (χ3n) is 2.69. The monoisotopic (exact) mass is 218 g/mol. The van der Waals surface area contributed by atoms with Crippen molar-refractivity contribution in [2.24, 2.45) is 5.92 Å². The number of H-pyrrole nitrogens is 1. The van der Waals surface area contributed by atoms with Gasteiger partial charge >= 0.3 is 0 Å². The maximum atomic E-state index is 3.82. The van der Waals surface area contributed by atoms with Crippen LogP contribution in [0.15, 0.2) is 36.1 Å². The lowest BCUT2D eigenvalue weighted by Gasteiger charge is -2.02. The summed E-state index contributed by atoms with van der Waals surface area (Å²) >= 11 is 0. The van der Waals surface area contributed by atoms with Crippen molar-refractivity contribution in [2.75, 3.05) is 0 Å². The van der Waals surface area contributed by atoms with Gasteiger partial charge in [-0.2, -0.15) is 5.10 Å². The first-order valence-corrected chi connectivity index (χ1v) is 5.96. The average Bonchev–Trinajstić information content (AvgIpc) is 2.93. The van der Waals surface area contributed by atoms with Gasteiger partial charge in [-0.1, -0.05) is 51.5 Å². The quantitative estimate of drug-likeness (QED) is 0.796. The fourth-order valence-electron chi connectivity index (χ4n) is 1.48. The molecule has 0 radical (unpaired) electrons. The summed E-state index contributed by atoms with van der Waals surface area (Å²) < 4.78 is 0. The van der Waals surface area contributed by atoms with E-state index in [2.05, 4.69) is 56.1 Å². The molecule has 1 heterocycles. The number of nitrogens with one attached hydrogen (secondary N) is 1. The highest BCUT2D eigenvalue weighted by Gasteiger charge is 2.01. The van der Waals surface area contributed by atoms with Gasteiger partial charge in [-0.3, -0.25) is 5.10 Å². The van der Waals surface area contributed by atoms with Crippen LogP contribution >= 0.6 is 0 Å². The molecular formula is C14H22N2. The lowest BCUT2D eigenvalue weighted by Crippen LogP contribution is -1.88. The topological polar surface area (TPSA) is 28.7 Å². The van der Waals surface area contributed by atoms with E-state index in [0.29, 0.717) is 5.92 Å². The van der Waals surface area contributed by atoms with Crippen molar-refractivity contribution >= 4 is 0 Å². The molecule has 1 aliphatic carbocycles. The molecule has 2 nitrogen and oxygen atoms in total. The number of nitrogens with zero attached hydrogens (tertiary/aromatic N) is 1. The molecule has 0 unspecified atom stereocenters. The Morgan fingerprint density at radius 3 is 2.19 bits per heavy atom. The Hall–Kier alpha value is -1.31. The predicted octanol–water partition coefficient (Wildman–Crippen LogP) is 4.06. The normalized spacial score (nSPS) is 14.0. The second kappa shape index (κ2) is 6.31. The zero-order valence-corrected chi connectivity index (χ0v) is 10.7. The van der Waals surface area contributed by atoms with Gasteiger partial charge in [-0.05, 0) is 24.3 Å². The largest absolute Gasteiger partial charge is 0.282 e. The fraction of sp³-hybridized carbons (Fsp3) is 0.500. The summed E-state index contributed by atoms with van der Waals surface area (Å²) in [5.74, 6) is 1.31. The van der Waals surface area contributed by atoms with Crippen LogP contribution in [0.1, 0.15) is 45.7 Å². The Morgan fingerprint density at radius 1 is 1.19 bits per heavy atom. The molecule has 0 amide bonds. The van der Waals surface area contributed by atoms with Gasteiger partial charge in [0.1, 0.15) is 0 Å². The third-order valence-corrected chi connectivity index (χ3v) is 2.69. The van der Waals surface area contributed by atoms with Gasteiger partial charge in [0.25, 0.3) is 0 Å². The highest BCUT2D eigenvalue weighted by molar-refractivity contribution is 5.23. The highest BCUT2D eigenvalue weighted by Crippen LogP contribution is 2.18. The molecule has 0 saturated heterocycles. The molecule has 88 valence electrons. The predicted molar refractivity (Wildman–Crippen MR) is 69.4 cm³/mol. The molecular weight excluding hydrogens is 196 g/mol. The molecule has 2 heteroatoms. The molecule has 1 aromatic rings. The van der Waals surface area contributed by atoms with Crippen LogP contribution in [-0.4, -0.2) is 10.2 Å². The molecule has 1 aromatic heterocycles. The molecule has 2 rings (SSSR count). The lowest BCUT2D eigenvalue weighted by molar-refractivity contribution is 0.753. The summed E-state index contributed by atoms with van der Waals surface area (Å²) in [7, 11) is 0. The van der Waals surface area contributed by atoms with Gasteiger partial charge in [0.2, 0.25) is 0 Å². The Morgan fingerprint density at radius 2 is 1.94 bits per heavy atom. The van der Waals surface area contributed by atoms with E-state index in [1.807, 2.05) is 6.07 Å². The van der Waals surface area contributed by atoms with Crippen LogP contribution in [0.4, 0.5) is 0 Å². The standard InChI is InChI=1S/C8H12.C6H10N2/c1-7(2)8-5-3-4-6-8;1-5(2)6-3-4-7-8-6/h3-5,7H,6H2,1-2H3;3-5H,1-2H3,(H,7,8). The molecule has 0 aliphatic heterocycles. The van der Waals surface area contributed by atoms with Crippen molar-refractivity contribution in [2.45, 2.75) is 40.0 Å². The van der Waals surface area contributed by atoms with Crippen molar-refractivity contribution in [1.82, 2.24) is 10.2 Å². The molecule has 0 bridgehead atoms. The Bertz CT molecular complexity index is 343. The van der Waals surface area contributed by atoms with E-state index in [0.717, 1.165) is 5.92 Å². The summed E-state index contributed by atoms with van der Waals surface area (Å²) in [4.78, 5) is 0. The maximum absolute atomic E-state index is 3.82. The van der Waals surface area contributed by atoms with E-state index >= 15 is 0 Å². The molecule has 0 saturated carbocycles. The van der Waals surface area contributed by atoms with Crippen LogP contribution in [0.5, 0.6) is 0 Å². The Balaban J connectivity index is 0.000000160. The molecule has 0 atom stereocenters. The van der Waals surface area contributed by atoms with Crippen molar-refractivity contribution in [3.05, 3.63) is 41.8 Å². The minimum absolute atomic E-state index is 0.567. The van der Waals surface area contributed by atoms with Crippen molar-refractivity contribution < 1.29 is 0 Å². The smallest absolute Gasteiger partial charge is 0.0490 e. The first-order valence-electron chi connectivity index (χ1n) is 5.96. The van der Waals surface area contributed by atoms with E-state index in [9.17, 15) is 0 Å². The lowest BCUT2D eigenvalue weighted by atomic mass is 10.0. The summed E-state index contributed by atoms with van der Waals surface area (Å²) in [5.41, 5.74) is 2.76. The summed E-state index contributed by atoms with van der Waals surface area (Å²) in [6.07, 6.45) is 9.50. The summed E-state index contributed by atoms with van der Waals surface area (Å²) in [6.45, 7) is 8.73. The van der Waals surface area contributed by atoms with Crippen LogP contribution < -0.4 is 0 Å². The van der Waals surface area contributed by atoms with Gasteiger partial charge in [0.05, 0.1) is 0 Å². The van der Waals surface area contributed by atoms with Crippen LogP contribution in [0.3, 0.4) is 0 Å².